The maximum absolute atomic E-state index is 5.10. The number of halogens is 1. The predicted octanol–water partition coefficient (Wildman–Crippen LogP) is 2.85. The summed E-state index contributed by atoms with van der Waals surface area (Å²) in [5, 5.41) is 1.12. The molecule has 13 heavy (non-hydrogen) atoms. The molecule has 0 N–H and O–H groups in total. The van der Waals surface area contributed by atoms with Gasteiger partial charge in [-0.2, -0.15) is 0 Å². The molecule has 1 aromatic carbocycles. The van der Waals surface area contributed by atoms with Crippen molar-refractivity contribution in [1.82, 2.24) is 4.98 Å². The van der Waals surface area contributed by atoms with Crippen LogP contribution >= 0.6 is 22.6 Å². The van der Waals surface area contributed by atoms with Gasteiger partial charge in [0, 0.05) is 8.96 Å². The van der Waals surface area contributed by atoms with Crippen molar-refractivity contribution in [3.8, 4) is 5.75 Å². The summed E-state index contributed by atoms with van der Waals surface area (Å²) in [6.07, 6.45) is 1.74. The van der Waals surface area contributed by atoms with E-state index in [0.717, 1.165) is 20.2 Å². The summed E-state index contributed by atoms with van der Waals surface area (Å²) in [6.45, 7) is 0. The lowest BCUT2D eigenvalue weighted by Crippen LogP contribution is -1.86. The summed E-state index contributed by atoms with van der Waals surface area (Å²) in [7, 11) is 1.65. The summed E-state index contributed by atoms with van der Waals surface area (Å²) in [5.74, 6) is 0.800. The molecule has 3 heteroatoms. The lowest BCUT2D eigenvalue weighted by molar-refractivity contribution is 0.414. The number of hydrogen-bond donors (Lipinski definition) is 0. The SMILES string of the molecule is COc1cnc2c(I)cccc2c1. The van der Waals surface area contributed by atoms with E-state index in [1.807, 2.05) is 24.3 Å². The van der Waals surface area contributed by atoms with Crippen LogP contribution < -0.4 is 4.74 Å². The summed E-state index contributed by atoms with van der Waals surface area (Å²) in [5.41, 5.74) is 1.03. The van der Waals surface area contributed by atoms with Gasteiger partial charge in [0.05, 0.1) is 18.8 Å². The zero-order chi connectivity index (χ0) is 9.26. The van der Waals surface area contributed by atoms with Gasteiger partial charge in [0.15, 0.2) is 0 Å². The number of aromatic nitrogens is 1. The third kappa shape index (κ3) is 1.60. The van der Waals surface area contributed by atoms with Crippen LogP contribution in [0.3, 0.4) is 0 Å². The Hall–Kier alpha value is -0.840. The lowest BCUT2D eigenvalue weighted by atomic mass is 10.2. The minimum absolute atomic E-state index is 0.800. The normalized spacial score (nSPS) is 10.3. The summed E-state index contributed by atoms with van der Waals surface area (Å²) in [6, 6.07) is 8.09. The van der Waals surface area contributed by atoms with Crippen molar-refractivity contribution in [2.45, 2.75) is 0 Å². The molecule has 2 aromatic rings. The molecule has 0 saturated carbocycles. The maximum Gasteiger partial charge on any atom is 0.137 e. The molecule has 0 aliphatic heterocycles. The van der Waals surface area contributed by atoms with Crippen LogP contribution in [0, 0.1) is 3.57 Å². The maximum atomic E-state index is 5.10. The number of methoxy groups -OCH3 is 1. The second kappa shape index (κ2) is 3.49. The Morgan fingerprint density at radius 1 is 1.38 bits per heavy atom. The van der Waals surface area contributed by atoms with Crippen LogP contribution in [0.5, 0.6) is 5.75 Å². The quantitative estimate of drug-likeness (QED) is 0.752. The van der Waals surface area contributed by atoms with Gasteiger partial charge in [0.2, 0.25) is 0 Å². The van der Waals surface area contributed by atoms with Gasteiger partial charge in [-0.3, -0.25) is 4.98 Å². The van der Waals surface area contributed by atoms with E-state index in [9.17, 15) is 0 Å². The highest BCUT2D eigenvalue weighted by molar-refractivity contribution is 14.1. The number of benzene rings is 1. The molecule has 0 fully saturated rings. The van der Waals surface area contributed by atoms with Gasteiger partial charge in [0.1, 0.15) is 5.75 Å². The minimum atomic E-state index is 0.800. The van der Waals surface area contributed by atoms with Crippen molar-refractivity contribution in [2.24, 2.45) is 0 Å². The number of pyridine rings is 1. The molecule has 0 unspecified atom stereocenters. The second-order valence-corrected chi connectivity index (χ2v) is 3.85. The van der Waals surface area contributed by atoms with Crippen LogP contribution in [-0.4, -0.2) is 12.1 Å². The average Bonchev–Trinajstić information content (AvgIpc) is 2.18. The highest BCUT2D eigenvalue weighted by atomic mass is 127. The van der Waals surface area contributed by atoms with Crippen molar-refractivity contribution in [1.29, 1.82) is 0 Å². The van der Waals surface area contributed by atoms with E-state index in [-0.39, 0.29) is 0 Å². The van der Waals surface area contributed by atoms with Crippen LogP contribution in [0.15, 0.2) is 30.5 Å². The average molecular weight is 285 g/mol. The highest BCUT2D eigenvalue weighted by Crippen LogP contribution is 2.21. The fourth-order valence-electron chi connectivity index (χ4n) is 1.22. The molecule has 0 saturated heterocycles. The van der Waals surface area contributed by atoms with E-state index in [2.05, 4.69) is 27.6 Å². The van der Waals surface area contributed by atoms with Gasteiger partial charge in [-0.1, -0.05) is 12.1 Å². The fourth-order valence-corrected chi connectivity index (χ4v) is 1.87. The third-order valence-corrected chi connectivity index (χ3v) is 2.74. The molecule has 1 aromatic heterocycles. The van der Waals surface area contributed by atoms with Crippen molar-refractivity contribution in [3.63, 3.8) is 0 Å². The van der Waals surface area contributed by atoms with Crippen LogP contribution in [0.4, 0.5) is 0 Å². The number of para-hydroxylation sites is 1. The van der Waals surface area contributed by atoms with Gasteiger partial charge >= 0.3 is 0 Å². The van der Waals surface area contributed by atoms with Crippen molar-refractivity contribution >= 4 is 33.5 Å². The van der Waals surface area contributed by atoms with Gasteiger partial charge < -0.3 is 4.74 Å². The van der Waals surface area contributed by atoms with Crippen molar-refractivity contribution < 1.29 is 4.74 Å². The first-order valence-corrected chi connectivity index (χ1v) is 4.97. The first kappa shape index (κ1) is 8.74. The number of ether oxygens (including phenoxy) is 1. The fraction of sp³-hybridized carbons (Fsp3) is 0.100. The molecule has 0 aliphatic carbocycles. The van der Waals surface area contributed by atoms with Gasteiger partial charge in [-0.15, -0.1) is 0 Å². The van der Waals surface area contributed by atoms with Crippen LogP contribution in [0.1, 0.15) is 0 Å². The predicted molar refractivity (Wildman–Crippen MR) is 61.0 cm³/mol. The Labute approximate surface area is 90.1 Å². The molecule has 0 atom stereocenters. The minimum Gasteiger partial charge on any atom is -0.495 e. The van der Waals surface area contributed by atoms with E-state index >= 15 is 0 Å². The Morgan fingerprint density at radius 2 is 2.23 bits per heavy atom. The van der Waals surface area contributed by atoms with Gasteiger partial charge in [-0.25, -0.2) is 0 Å². The van der Waals surface area contributed by atoms with E-state index in [4.69, 9.17) is 4.74 Å². The first-order valence-electron chi connectivity index (χ1n) is 3.89. The largest absolute Gasteiger partial charge is 0.495 e. The monoisotopic (exact) mass is 285 g/mol. The van der Waals surface area contributed by atoms with Crippen LogP contribution in [-0.2, 0) is 0 Å². The van der Waals surface area contributed by atoms with Crippen molar-refractivity contribution in [3.05, 3.63) is 34.0 Å². The molecule has 2 nitrogen and oxygen atoms in total. The summed E-state index contributed by atoms with van der Waals surface area (Å²) < 4.78 is 6.26. The molecule has 1 heterocycles. The Kier molecular flexibility index (Phi) is 2.35. The smallest absolute Gasteiger partial charge is 0.137 e. The van der Waals surface area contributed by atoms with Gasteiger partial charge in [-0.05, 0) is 34.7 Å². The number of nitrogens with zero attached hydrogens (tertiary/aromatic N) is 1. The molecular formula is C10H8INO. The first-order chi connectivity index (χ1) is 6.31. The zero-order valence-corrected chi connectivity index (χ0v) is 9.28. The van der Waals surface area contributed by atoms with E-state index in [0.29, 0.717) is 0 Å². The van der Waals surface area contributed by atoms with E-state index < -0.39 is 0 Å². The van der Waals surface area contributed by atoms with Gasteiger partial charge in [0.25, 0.3) is 0 Å². The molecule has 66 valence electrons. The molecule has 0 amide bonds. The summed E-state index contributed by atoms with van der Waals surface area (Å²) in [4.78, 5) is 4.32. The molecule has 0 aliphatic rings. The third-order valence-electron chi connectivity index (χ3n) is 1.87. The molecule has 0 spiro atoms. The standard InChI is InChI=1S/C10H8INO/c1-13-8-5-7-3-2-4-9(11)10(7)12-6-8/h2-6H,1H3. The van der Waals surface area contributed by atoms with Crippen LogP contribution in [0.25, 0.3) is 10.9 Å². The van der Waals surface area contributed by atoms with E-state index in [1.54, 1.807) is 13.3 Å². The Bertz CT molecular complexity index is 442. The van der Waals surface area contributed by atoms with Crippen LogP contribution in [0.2, 0.25) is 0 Å². The molecular weight excluding hydrogens is 277 g/mol. The van der Waals surface area contributed by atoms with Crippen molar-refractivity contribution in [2.75, 3.05) is 7.11 Å². The molecule has 2 rings (SSSR count). The van der Waals surface area contributed by atoms with E-state index in [1.165, 1.54) is 0 Å². The zero-order valence-electron chi connectivity index (χ0n) is 7.12. The molecule has 0 bridgehead atoms. The Balaban J connectivity index is 2.72. The Morgan fingerprint density at radius 3 is 3.00 bits per heavy atom. The number of fused-ring (bicyclic) bond motifs is 1. The lowest BCUT2D eigenvalue weighted by Gasteiger charge is -2.02. The number of rotatable bonds is 1. The molecule has 0 radical (unpaired) electrons. The summed E-state index contributed by atoms with van der Waals surface area (Å²) >= 11 is 2.28. The highest BCUT2D eigenvalue weighted by Gasteiger charge is 2.00. The topological polar surface area (TPSA) is 22.1 Å². The second-order valence-electron chi connectivity index (χ2n) is 2.69. The number of hydrogen-bond acceptors (Lipinski definition) is 2.